The van der Waals surface area contributed by atoms with Gasteiger partial charge in [-0.1, -0.05) is 24.3 Å². The van der Waals surface area contributed by atoms with Gasteiger partial charge in [0.25, 0.3) is 0 Å². The molecule has 22 heavy (non-hydrogen) atoms. The first-order valence-corrected chi connectivity index (χ1v) is 8.76. The maximum Gasteiger partial charge on any atom is 0.181 e. The fourth-order valence-electron chi connectivity index (χ4n) is 3.06. The fourth-order valence-corrected chi connectivity index (χ4v) is 4.68. The molecule has 1 aromatic carbocycles. The highest BCUT2D eigenvalue weighted by Crippen LogP contribution is 2.35. The highest BCUT2D eigenvalue weighted by atomic mass is 32.2. The summed E-state index contributed by atoms with van der Waals surface area (Å²) in [4.78, 5) is 4.41. The molecule has 0 unspecified atom stereocenters. The Morgan fingerprint density at radius 2 is 1.95 bits per heavy atom. The summed E-state index contributed by atoms with van der Waals surface area (Å²) in [7, 11) is -3.63. The summed E-state index contributed by atoms with van der Waals surface area (Å²) in [5, 5.41) is 11.0. The van der Waals surface area contributed by atoms with E-state index in [9.17, 15) is 13.5 Å². The lowest BCUT2D eigenvalue weighted by atomic mass is 9.81. The van der Waals surface area contributed by atoms with Gasteiger partial charge in [-0.25, -0.2) is 8.42 Å². The second-order valence-electron chi connectivity index (χ2n) is 5.78. The van der Waals surface area contributed by atoms with Crippen molar-refractivity contribution < 1.29 is 13.5 Å². The van der Waals surface area contributed by atoms with Crippen LogP contribution in [0.25, 0.3) is 0 Å². The molecular formula is C16H18N2O3S. The summed E-state index contributed by atoms with van der Waals surface area (Å²) in [6.45, 7) is 0. The first kappa shape index (κ1) is 15.1. The van der Waals surface area contributed by atoms with Gasteiger partial charge in [0.05, 0.1) is 16.3 Å². The van der Waals surface area contributed by atoms with E-state index in [-0.39, 0.29) is 17.4 Å². The molecule has 1 aliphatic rings. The van der Waals surface area contributed by atoms with Crippen LogP contribution in [0.2, 0.25) is 0 Å². The minimum Gasteiger partial charge on any atom is -0.382 e. The molecule has 0 saturated carbocycles. The number of nitrogens with zero attached hydrogens (tertiary/aromatic N) is 1. The molecule has 0 fully saturated rings. The van der Waals surface area contributed by atoms with E-state index >= 15 is 0 Å². The molecule has 6 heteroatoms. The number of aromatic nitrogens is 1. The van der Waals surface area contributed by atoms with Crippen LogP contribution < -0.4 is 5.73 Å². The van der Waals surface area contributed by atoms with Crippen molar-refractivity contribution in [2.24, 2.45) is 5.73 Å². The average molecular weight is 318 g/mol. The van der Waals surface area contributed by atoms with Gasteiger partial charge in [0.2, 0.25) is 0 Å². The molecular weight excluding hydrogens is 300 g/mol. The number of hydrogen-bond acceptors (Lipinski definition) is 5. The molecule has 0 aliphatic heterocycles. The number of sulfone groups is 1. The molecule has 0 spiro atoms. The summed E-state index contributed by atoms with van der Waals surface area (Å²) < 4.78 is 25.2. The highest BCUT2D eigenvalue weighted by molar-refractivity contribution is 7.91. The molecule has 116 valence electrons. The molecule has 3 rings (SSSR count). The standard InChI is InChI=1S/C16H18N2O3S/c17-13-9-12-5-4-8-18-15(12)16(19,10-13)11-22(20,21)14-6-2-1-3-7-14/h1-8,13,19H,9-11,17H2/t13-,16-/m1/s1. The van der Waals surface area contributed by atoms with Crippen molar-refractivity contribution in [1.82, 2.24) is 4.98 Å². The Morgan fingerprint density at radius 1 is 1.23 bits per heavy atom. The van der Waals surface area contributed by atoms with Gasteiger partial charge in [0, 0.05) is 12.2 Å². The number of rotatable bonds is 3. The minimum atomic E-state index is -3.63. The van der Waals surface area contributed by atoms with Crippen molar-refractivity contribution in [2.75, 3.05) is 5.75 Å². The number of pyridine rings is 1. The Bertz CT molecular complexity index is 777. The predicted octanol–water partition coefficient (Wildman–Crippen LogP) is 1.02. The number of hydrogen-bond donors (Lipinski definition) is 2. The normalized spacial score (nSPS) is 24.7. The van der Waals surface area contributed by atoms with Crippen molar-refractivity contribution >= 4 is 9.84 Å². The van der Waals surface area contributed by atoms with E-state index in [0.29, 0.717) is 12.1 Å². The van der Waals surface area contributed by atoms with Crippen LogP contribution in [-0.2, 0) is 21.9 Å². The zero-order chi connectivity index (χ0) is 15.8. The van der Waals surface area contributed by atoms with Gasteiger partial charge in [-0.2, -0.15) is 0 Å². The monoisotopic (exact) mass is 318 g/mol. The van der Waals surface area contributed by atoms with Gasteiger partial charge < -0.3 is 10.8 Å². The second kappa shape index (κ2) is 5.46. The van der Waals surface area contributed by atoms with Gasteiger partial charge in [0.15, 0.2) is 9.84 Å². The van der Waals surface area contributed by atoms with Crippen LogP contribution in [0.4, 0.5) is 0 Å². The Kier molecular flexibility index (Phi) is 3.76. The van der Waals surface area contributed by atoms with Gasteiger partial charge in [-0.15, -0.1) is 0 Å². The maximum absolute atomic E-state index is 12.6. The largest absolute Gasteiger partial charge is 0.382 e. The van der Waals surface area contributed by atoms with Crippen molar-refractivity contribution in [2.45, 2.75) is 29.4 Å². The van der Waals surface area contributed by atoms with Crippen molar-refractivity contribution in [3.8, 4) is 0 Å². The van der Waals surface area contributed by atoms with Crippen LogP contribution in [-0.4, -0.2) is 30.3 Å². The lowest BCUT2D eigenvalue weighted by Crippen LogP contribution is -2.46. The summed E-state index contributed by atoms with van der Waals surface area (Å²) in [5.41, 5.74) is 5.69. The Hall–Kier alpha value is -1.76. The number of fused-ring (bicyclic) bond motifs is 1. The number of aliphatic hydroxyl groups is 1. The third kappa shape index (κ3) is 2.77. The van der Waals surface area contributed by atoms with Crippen LogP contribution in [0, 0.1) is 0 Å². The number of nitrogens with two attached hydrogens (primary N) is 1. The van der Waals surface area contributed by atoms with E-state index in [1.165, 1.54) is 12.1 Å². The Labute approximate surface area is 129 Å². The molecule has 0 amide bonds. The Morgan fingerprint density at radius 3 is 2.68 bits per heavy atom. The summed E-state index contributed by atoms with van der Waals surface area (Å²) in [6, 6.07) is 11.5. The van der Waals surface area contributed by atoms with E-state index in [2.05, 4.69) is 4.98 Å². The molecule has 0 radical (unpaired) electrons. The van der Waals surface area contributed by atoms with Crippen LogP contribution in [0.3, 0.4) is 0 Å². The van der Waals surface area contributed by atoms with E-state index < -0.39 is 21.2 Å². The zero-order valence-corrected chi connectivity index (χ0v) is 12.8. The average Bonchev–Trinajstić information content (AvgIpc) is 2.47. The fraction of sp³-hybridized carbons (Fsp3) is 0.312. The van der Waals surface area contributed by atoms with E-state index in [1.54, 1.807) is 30.5 Å². The van der Waals surface area contributed by atoms with E-state index in [0.717, 1.165) is 5.56 Å². The van der Waals surface area contributed by atoms with Crippen LogP contribution in [0.5, 0.6) is 0 Å². The molecule has 5 nitrogen and oxygen atoms in total. The lowest BCUT2D eigenvalue weighted by molar-refractivity contribution is 0.0315. The SMILES string of the molecule is N[C@@H]1Cc2cccnc2[C@](O)(CS(=O)(=O)c2ccccc2)C1. The summed E-state index contributed by atoms with van der Waals surface area (Å²) in [6.07, 6.45) is 2.34. The topological polar surface area (TPSA) is 93.3 Å². The summed E-state index contributed by atoms with van der Waals surface area (Å²) >= 11 is 0. The van der Waals surface area contributed by atoms with Gasteiger partial charge >= 0.3 is 0 Å². The molecule has 2 aromatic rings. The van der Waals surface area contributed by atoms with E-state index in [1.807, 2.05) is 6.07 Å². The maximum atomic E-state index is 12.6. The quantitative estimate of drug-likeness (QED) is 0.881. The minimum absolute atomic E-state index is 0.184. The van der Waals surface area contributed by atoms with Gasteiger partial charge in [-0.3, -0.25) is 4.98 Å². The van der Waals surface area contributed by atoms with Crippen molar-refractivity contribution in [3.05, 3.63) is 59.9 Å². The lowest BCUT2D eigenvalue weighted by Gasteiger charge is -2.36. The smallest absolute Gasteiger partial charge is 0.181 e. The zero-order valence-electron chi connectivity index (χ0n) is 12.0. The van der Waals surface area contributed by atoms with Crippen molar-refractivity contribution in [3.63, 3.8) is 0 Å². The first-order valence-electron chi connectivity index (χ1n) is 7.11. The molecule has 1 heterocycles. The molecule has 1 aliphatic carbocycles. The molecule has 3 N–H and O–H groups in total. The van der Waals surface area contributed by atoms with Crippen LogP contribution in [0.15, 0.2) is 53.6 Å². The second-order valence-corrected chi connectivity index (χ2v) is 7.77. The number of benzene rings is 1. The summed E-state index contributed by atoms with van der Waals surface area (Å²) in [5.74, 6) is -0.415. The van der Waals surface area contributed by atoms with E-state index in [4.69, 9.17) is 5.73 Å². The molecule has 0 saturated heterocycles. The van der Waals surface area contributed by atoms with Gasteiger partial charge in [-0.05, 0) is 36.6 Å². The molecule has 1 aromatic heterocycles. The van der Waals surface area contributed by atoms with Crippen molar-refractivity contribution in [1.29, 1.82) is 0 Å². The van der Waals surface area contributed by atoms with Crippen LogP contribution >= 0.6 is 0 Å². The predicted molar refractivity (Wildman–Crippen MR) is 82.9 cm³/mol. The first-order chi connectivity index (χ1) is 10.4. The Balaban J connectivity index is 2.01. The highest BCUT2D eigenvalue weighted by Gasteiger charge is 2.42. The third-order valence-electron chi connectivity index (χ3n) is 3.95. The molecule has 0 bridgehead atoms. The van der Waals surface area contributed by atoms with Crippen LogP contribution in [0.1, 0.15) is 17.7 Å². The molecule has 2 atom stereocenters. The third-order valence-corrected chi connectivity index (χ3v) is 5.79. The van der Waals surface area contributed by atoms with Gasteiger partial charge in [0.1, 0.15) is 5.60 Å².